The number of hydrogen-bond donors (Lipinski definition) is 2. The van der Waals surface area contributed by atoms with Crippen LogP contribution in [0.1, 0.15) is 61.0 Å². The van der Waals surface area contributed by atoms with Gasteiger partial charge in [-0.15, -0.1) is 4.59 Å². The molecule has 0 saturated carbocycles. The first kappa shape index (κ1) is 25.3. The van der Waals surface area contributed by atoms with Gasteiger partial charge in [0.15, 0.2) is 0 Å². The van der Waals surface area contributed by atoms with Gasteiger partial charge in [-0.25, -0.2) is 4.98 Å². The van der Waals surface area contributed by atoms with Gasteiger partial charge in [0.05, 0.1) is 29.6 Å². The quantitative estimate of drug-likeness (QED) is 0.364. The third kappa shape index (κ3) is 4.45. The number of quaternary nitrogens is 1. The van der Waals surface area contributed by atoms with E-state index in [0.29, 0.717) is 46.6 Å². The zero-order valence-corrected chi connectivity index (χ0v) is 21.7. The lowest BCUT2D eigenvalue weighted by Crippen LogP contribution is -2.53. The largest absolute Gasteiger partial charge is 0.323 e. The van der Waals surface area contributed by atoms with E-state index in [1.807, 2.05) is 24.3 Å². The number of aliphatic imine (C=N–C) groups is 2. The van der Waals surface area contributed by atoms with Crippen molar-refractivity contribution < 1.29 is 14.2 Å². The number of aromatic nitrogens is 1. The number of carbonyl (C=O) groups is 2. The van der Waals surface area contributed by atoms with Gasteiger partial charge in [0.2, 0.25) is 5.70 Å². The summed E-state index contributed by atoms with van der Waals surface area (Å²) in [4.78, 5) is 41.6. The van der Waals surface area contributed by atoms with Crippen LogP contribution in [0.3, 0.4) is 0 Å². The van der Waals surface area contributed by atoms with Crippen LogP contribution in [-0.2, 0) is 4.79 Å². The van der Waals surface area contributed by atoms with Crippen LogP contribution in [0.4, 0.5) is 5.82 Å². The number of amidine groups is 1. The number of carbonyl (C=O) groups excluding carboxylic acids is 2. The van der Waals surface area contributed by atoms with Crippen LogP contribution in [-0.4, -0.2) is 50.9 Å². The molecule has 3 N–H and O–H groups in total. The number of anilines is 1. The molecule has 2 unspecified atom stereocenters. The third-order valence-corrected chi connectivity index (χ3v) is 6.99. The predicted molar refractivity (Wildman–Crippen MR) is 147 cm³/mol. The van der Waals surface area contributed by atoms with Crippen molar-refractivity contribution in [1.82, 2.24) is 9.88 Å². The van der Waals surface area contributed by atoms with Crippen molar-refractivity contribution in [2.75, 3.05) is 11.9 Å². The summed E-state index contributed by atoms with van der Waals surface area (Å²) >= 11 is 0. The van der Waals surface area contributed by atoms with Gasteiger partial charge in [0, 0.05) is 12.7 Å². The van der Waals surface area contributed by atoms with Crippen molar-refractivity contribution in [2.45, 2.75) is 45.6 Å². The fraction of sp³-hybridized carbons (Fsp3) is 0.276. The minimum atomic E-state index is -0.316. The van der Waals surface area contributed by atoms with Gasteiger partial charge in [0.1, 0.15) is 17.7 Å². The monoisotopic (exact) mass is 508 g/mol. The Balaban J connectivity index is 1.54. The first-order valence-electron chi connectivity index (χ1n) is 12.7. The Morgan fingerprint density at radius 2 is 2.05 bits per heavy atom. The summed E-state index contributed by atoms with van der Waals surface area (Å²) in [5.74, 6) is 13.0. The Labute approximate surface area is 222 Å². The molecule has 1 saturated heterocycles. The standard InChI is InChI=1S/C29H29N7O2/c1-4-8-26(37)35-15-7-11-23(35)27-24-18-31-14-16-36(24,30)28(34-27)21-9-5-6-10-22(21)29(38)33-25-17-20(19(2)3)12-13-32-25/h5-6,9-10,12-14,16-19,23H,7,11,15,30H2,1-3H3/p+1. The summed E-state index contributed by atoms with van der Waals surface area (Å²) in [7, 11) is 0. The second-order valence-electron chi connectivity index (χ2n) is 9.72. The zero-order valence-electron chi connectivity index (χ0n) is 21.7. The molecule has 0 bridgehead atoms. The summed E-state index contributed by atoms with van der Waals surface area (Å²) in [6.07, 6.45) is 8.30. The molecule has 2 atom stereocenters. The fourth-order valence-electron chi connectivity index (χ4n) is 5.04. The van der Waals surface area contributed by atoms with E-state index < -0.39 is 0 Å². The number of allylic oxidation sites excluding steroid dienone is 1. The highest BCUT2D eigenvalue weighted by Gasteiger charge is 2.48. The number of nitrogens with zero attached hydrogens (tertiary/aromatic N) is 5. The lowest BCUT2D eigenvalue weighted by Gasteiger charge is -2.28. The predicted octanol–water partition coefficient (Wildman–Crippen LogP) is 3.69. The van der Waals surface area contributed by atoms with E-state index in [0.717, 1.165) is 18.4 Å². The van der Waals surface area contributed by atoms with Gasteiger partial charge in [0.25, 0.3) is 17.6 Å². The van der Waals surface area contributed by atoms with Crippen LogP contribution in [0.2, 0.25) is 0 Å². The van der Waals surface area contributed by atoms with Gasteiger partial charge < -0.3 is 10.2 Å². The Hall–Kier alpha value is -4.39. The van der Waals surface area contributed by atoms with Crippen LogP contribution in [0.5, 0.6) is 0 Å². The molecule has 3 aliphatic heterocycles. The molecule has 2 aromatic rings. The summed E-state index contributed by atoms with van der Waals surface area (Å²) in [5, 5.41) is 2.93. The zero-order chi connectivity index (χ0) is 26.9. The van der Waals surface area contributed by atoms with E-state index in [4.69, 9.17) is 10.8 Å². The molecule has 0 radical (unpaired) electrons. The van der Waals surface area contributed by atoms with Crippen LogP contribution in [0.25, 0.3) is 0 Å². The van der Waals surface area contributed by atoms with Crippen LogP contribution >= 0.6 is 0 Å². The maximum Gasteiger partial charge on any atom is 0.299 e. The minimum Gasteiger partial charge on any atom is -0.323 e. The van der Waals surface area contributed by atoms with Crippen molar-refractivity contribution in [1.29, 1.82) is 0 Å². The van der Waals surface area contributed by atoms with E-state index in [2.05, 4.69) is 41.0 Å². The van der Waals surface area contributed by atoms with Crippen molar-refractivity contribution in [3.05, 3.63) is 83.1 Å². The maximum absolute atomic E-state index is 13.5. The molecule has 0 spiro atoms. The van der Waals surface area contributed by atoms with Gasteiger partial charge in [-0.05, 0) is 61.4 Å². The van der Waals surface area contributed by atoms with E-state index in [9.17, 15) is 9.59 Å². The smallest absolute Gasteiger partial charge is 0.299 e. The molecule has 1 fully saturated rings. The molecule has 9 nitrogen and oxygen atoms in total. The van der Waals surface area contributed by atoms with Crippen LogP contribution in [0.15, 0.2) is 76.4 Å². The first-order chi connectivity index (χ1) is 18.3. The van der Waals surface area contributed by atoms with E-state index >= 15 is 0 Å². The number of amides is 2. The molecule has 192 valence electrons. The van der Waals surface area contributed by atoms with E-state index in [-0.39, 0.29) is 22.4 Å². The average Bonchev–Trinajstić information content (AvgIpc) is 3.51. The highest BCUT2D eigenvalue weighted by atomic mass is 16.2. The van der Waals surface area contributed by atoms with E-state index in [1.165, 1.54) is 0 Å². The Kier molecular flexibility index (Phi) is 6.76. The summed E-state index contributed by atoms with van der Waals surface area (Å²) in [5.41, 5.74) is 3.41. The van der Waals surface area contributed by atoms with Crippen molar-refractivity contribution in [3.8, 4) is 11.8 Å². The van der Waals surface area contributed by atoms with Crippen LogP contribution < -0.4 is 11.2 Å². The molecule has 4 heterocycles. The normalized spacial score (nSPS) is 21.8. The van der Waals surface area contributed by atoms with Gasteiger partial charge in [-0.2, -0.15) is 10.8 Å². The lowest BCUT2D eigenvalue weighted by atomic mass is 10.0. The number of benzene rings is 1. The summed E-state index contributed by atoms with van der Waals surface area (Å²) < 4.78 is -0.248. The molecule has 0 aliphatic carbocycles. The molecule has 9 heteroatoms. The number of pyridine rings is 1. The van der Waals surface area contributed by atoms with Crippen molar-refractivity contribution in [2.24, 2.45) is 15.8 Å². The van der Waals surface area contributed by atoms with Gasteiger partial charge in [-0.3, -0.25) is 14.6 Å². The van der Waals surface area contributed by atoms with Crippen molar-refractivity contribution in [3.63, 3.8) is 0 Å². The number of rotatable bonds is 5. The highest BCUT2D eigenvalue weighted by molar-refractivity contribution is 6.13. The Morgan fingerprint density at radius 3 is 2.84 bits per heavy atom. The summed E-state index contributed by atoms with van der Waals surface area (Å²) in [6.45, 7) is 6.42. The van der Waals surface area contributed by atoms with Gasteiger partial charge in [-0.1, -0.05) is 31.9 Å². The third-order valence-electron chi connectivity index (χ3n) is 6.99. The number of nitrogens with one attached hydrogen (secondary N) is 1. The second kappa shape index (κ2) is 10.2. The molecular formula is C29H30N7O2+. The Morgan fingerprint density at radius 1 is 1.24 bits per heavy atom. The maximum atomic E-state index is 13.5. The second-order valence-corrected chi connectivity index (χ2v) is 9.72. The molecule has 1 aromatic heterocycles. The SMILES string of the molecule is CC#CC(=O)N1CCCC1C1=C2C=NC=C[N+]2(N)C(c2ccccc2C(=O)Nc2cc(C(C)C)ccn2)=N1. The summed E-state index contributed by atoms with van der Waals surface area (Å²) in [6, 6.07) is 10.8. The first-order valence-corrected chi connectivity index (χ1v) is 12.7. The molecular weight excluding hydrogens is 478 g/mol. The molecule has 38 heavy (non-hydrogen) atoms. The molecule has 1 aromatic carbocycles. The molecule has 5 rings (SSSR count). The highest BCUT2D eigenvalue weighted by Crippen LogP contribution is 2.37. The number of hydrogen-bond acceptors (Lipinski definition) is 6. The fourth-order valence-corrected chi connectivity index (χ4v) is 5.04. The van der Waals surface area contributed by atoms with E-state index in [1.54, 1.807) is 48.8 Å². The molecule has 3 aliphatic rings. The number of fused-ring (bicyclic) bond motifs is 1. The number of likely N-dealkylation sites (tertiary alicyclic amines) is 1. The van der Waals surface area contributed by atoms with Gasteiger partial charge >= 0.3 is 0 Å². The minimum absolute atomic E-state index is 0.235. The topological polar surface area (TPSA) is 113 Å². The Bertz CT molecular complexity index is 1490. The van der Waals surface area contributed by atoms with Crippen LogP contribution in [0, 0.1) is 11.8 Å². The lowest BCUT2D eigenvalue weighted by molar-refractivity contribution is -0.750. The number of nitrogens with two attached hydrogens (primary N) is 1. The molecule has 2 amide bonds. The van der Waals surface area contributed by atoms with Crippen molar-refractivity contribution >= 4 is 29.7 Å². The average molecular weight is 509 g/mol.